The van der Waals surface area contributed by atoms with Gasteiger partial charge in [0.15, 0.2) is 0 Å². The van der Waals surface area contributed by atoms with Crippen LogP contribution < -0.4 is 14.8 Å². The number of nitrogens with one attached hydrogen (secondary N) is 1. The van der Waals surface area contributed by atoms with Crippen molar-refractivity contribution in [1.29, 1.82) is 0 Å². The van der Waals surface area contributed by atoms with Gasteiger partial charge in [-0.3, -0.25) is 9.36 Å². The van der Waals surface area contributed by atoms with Crippen molar-refractivity contribution in [1.82, 2.24) is 19.5 Å². The van der Waals surface area contributed by atoms with Crippen LogP contribution in [0.1, 0.15) is 22.0 Å². The second-order valence-electron chi connectivity index (χ2n) is 7.95. The summed E-state index contributed by atoms with van der Waals surface area (Å²) in [6.07, 6.45) is 3.55. The highest BCUT2D eigenvalue weighted by atomic mass is 16.5. The lowest BCUT2D eigenvalue weighted by Crippen LogP contribution is -2.12. The molecule has 0 aliphatic rings. The van der Waals surface area contributed by atoms with E-state index in [0.717, 1.165) is 5.82 Å². The lowest BCUT2D eigenvalue weighted by atomic mass is 10.1. The third-order valence-electron chi connectivity index (χ3n) is 5.31. The van der Waals surface area contributed by atoms with Crippen molar-refractivity contribution < 1.29 is 14.3 Å². The summed E-state index contributed by atoms with van der Waals surface area (Å²) in [6.45, 7) is 3.71. The maximum Gasteiger partial charge on any atom is 0.259 e. The number of hydrogen-bond donors (Lipinski definition) is 1. The van der Waals surface area contributed by atoms with Gasteiger partial charge in [0.05, 0.1) is 5.56 Å². The van der Waals surface area contributed by atoms with Crippen molar-refractivity contribution in [3.05, 3.63) is 115 Å². The molecule has 0 bridgehead atoms. The quantitative estimate of drug-likeness (QED) is 0.304. The summed E-state index contributed by atoms with van der Waals surface area (Å²) in [7, 11) is 0. The number of hydrogen-bond acceptors (Lipinski definition) is 6. The van der Waals surface area contributed by atoms with Crippen LogP contribution in [0.3, 0.4) is 0 Å². The molecule has 178 valence electrons. The first kappa shape index (κ1) is 22.8. The molecule has 0 atom stereocenters. The predicted molar refractivity (Wildman–Crippen MR) is 136 cm³/mol. The van der Waals surface area contributed by atoms with Gasteiger partial charge in [-0.25, -0.2) is 9.97 Å². The van der Waals surface area contributed by atoms with Gasteiger partial charge >= 0.3 is 0 Å². The zero-order valence-electron chi connectivity index (χ0n) is 19.8. The number of anilines is 1. The van der Waals surface area contributed by atoms with Gasteiger partial charge in [0, 0.05) is 24.1 Å². The Morgan fingerprint density at radius 3 is 2.31 bits per heavy atom. The Bertz CT molecular complexity index is 1500. The molecule has 8 heteroatoms. The molecule has 0 aliphatic heterocycles. The van der Waals surface area contributed by atoms with Crippen LogP contribution in [0.5, 0.6) is 23.1 Å². The van der Waals surface area contributed by atoms with E-state index in [9.17, 15) is 4.79 Å². The number of benzene rings is 3. The van der Waals surface area contributed by atoms with E-state index in [1.165, 1.54) is 0 Å². The maximum atomic E-state index is 13.0. The number of carbonyl (C=O) groups is 1. The molecular formula is C28H23N5O3. The number of imidazole rings is 1. The number of amides is 1. The summed E-state index contributed by atoms with van der Waals surface area (Å²) in [5, 5.41) is 2.91. The summed E-state index contributed by atoms with van der Waals surface area (Å²) in [5.41, 5.74) is 1.05. The van der Waals surface area contributed by atoms with Crippen LogP contribution in [0.15, 0.2) is 97.3 Å². The third-order valence-corrected chi connectivity index (χ3v) is 5.31. The van der Waals surface area contributed by atoms with E-state index in [2.05, 4.69) is 20.3 Å². The van der Waals surface area contributed by atoms with Crippen molar-refractivity contribution in [3.63, 3.8) is 0 Å². The van der Waals surface area contributed by atoms with E-state index in [1.807, 2.05) is 54.1 Å². The van der Waals surface area contributed by atoms with Gasteiger partial charge in [0.2, 0.25) is 5.88 Å². The van der Waals surface area contributed by atoms with E-state index in [4.69, 9.17) is 9.47 Å². The molecule has 1 amide bonds. The number of nitrogens with zero attached hydrogens (tertiary/aromatic N) is 4. The number of carbonyl (C=O) groups excluding carboxylic acids is 1. The summed E-state index contributed by atoms with van der Waals surface area (Å²) in [6, 6.07) is 25.3. The highest BCUT2D eigenvalue weighted by molar-refractivity contribution is 6.06. The number of aryl methyl sites for hydroxylation is 2. The third kappa shape index (κ3) is 5.23. The smallest absolute Gasteiger partial charge is 0.259 e. The second kappa shape index (κ2) is 10.1. The molecule has 0 fully saturated rings. The SMILES string of the molecule is Cc1nc(Oc2ccc(NC(=O)c3ccccc3Oc3ccccc3)cc2)cc(-n2ccnc2C)n1. The van der Waals surface area contributed by atoms with Crippen LogP contribution in [0.2, 0.25) is 0 Å². The fraction of sp³-hybridized carbons (Fsp3) is 0.0714. The first-order chi connectivity index (χ1) is 17.5. The van der Waals surface area contributed by atoms with Gasteiger partial charge in [-0.1, -0.05) is 30.3 Å². The van der Waals surface area contributed by atoms with Crippen LogP contribution >= 0.6 is 0 Å². The lowest BCUT2D eigenvalue weighted by molar-refractivity contribution is 0.102. The van der Waals surface area contributed by atoms with Crippen LogP contribution in [0, 0.1) is 13.8 Å². The lowest BCUT2D eigenvalue weighted by Gasteiger charge is -2.12. The number of para-hydroxylation sites is 2. The molecule has 2 aromatic heterocycles. The standard InChI is InChI=1S/C28H23N5O3/c1-19-30-26(33-17-16-29-20(33)2)18-27(31-19)36-23-14-12-21(13-15-23)32-28(34)24-10-6-7-11-25(24)35-22-8-4-3-5-9-22/h3-18H,1-2H3,(H,32,34). The molecule has 0 radical (unpaired) electrons. The van der Waals surface area contributed by atoms with Crippen molar-refractivity contribution in [2.45, 2.75) is 13.8 Å². The zero-order valence-corrected chi connectivity index (χ0v) is 19.8. The Labute approximate surface area is 208 Å². The van der Waals surface area contributed by atoms with Gasteiger partial charge in [-0.15, -0.1) is 0 Å². The minimum absolute atomic E-state index is 0.276. The molecule has 0 saturated carbocycles. The average Bonchev–Trinajstić information content (AvgIpc) is 3.32. The van der Waals surface area contributed by atoms with Crippen LogP contribution in [0.4, 0.5) is 5.69 Å². The van der Waals surface area contributed by atoms with Crippen LogP contribution in [-0.2, 0) is 0 Å². The maximum absolute atomic E-state index is 13.0. The van der Waals surface area contributed by atoms with E-state index in [0.29, 0.717) is 46.0 Å². The van der Waals surface area contributed by atoms with Gasteiger partial charge in [0.1, 0.15) is 34.7 Å². The fourth-order valence-corrected chi connectivity index (χ4v) is 3.61. The zero-order chi connectivity index (χ0) is 24.9. The Kier molecular flexibility index (Phi) is 6.40. The largest absolute Gasteiger partial charge is 0.457 e. The summed E-state index contributed by atoms with van der Waals surface area (Å²) >= 11 is 0. The van der Waals surface area contributed by atoms with E-state index in [-0.39, 0.29) is 5.91 Å². The van der Waals surface area contributed by atoms with Crippen molar-refractivity contribution in [2.24, 2.45) is 0 Å². The first-order valence-corrected chi connectivity index (χ1v) is 11.3. The number of ether oxygens (including phenoxy) is 2. The van der Waals surface area contributed by atoms with Crippen molar-refractivity contribution in [3.8, 4) is 28.9 Å². The molecule has 8 nitrogen and oxygen atoms in total. The van der Waals surface area contributed by atoms with E-state index in [1.54, 1.807) is 61.7 Å². The Morgan fingerprint density at radius 2 is 1.56 bits per heavy atom. The molecule has 0 saturated heterocycles. The van der Waals surface area contributed by atoms with Gasteiger partial charge < -0.3 is 14.8 Å². The molecule has 5 aromatic rings. The summed E-state index contributed by atoms with van der Waals surface area (Å²) < 4.78 is 13.7. The average molecular weight is 478 g/mol. The normalized spacial score (nSPS) is 10.6. The minimum Gasteiger partial charge on any atom is -0.457 e. The molecule has 1 N–H and O–H groups in total. The topological polar surface area (TPSA) is 91.2 Å². The van der Waals surface area contributed by atoms with E-state index >= 15 is 0 Å². The van der Waals surface area contributed by atoms with Gasteiger partial charge in [-0.2, -0.15) is 4.98 Å². The first-order valence-electron chi connectivity index (χ1n) is 11.3. The van der Waals surface area contributed by atoms with Gasteiger partial charge in [-0.05, 0) is 62.4 Å². The highest BCUT2D eigenvalue weighted by Crippen LogP contribution is 2.27. The molecule has 0 spiro atoms. The molecule has 2 heterocycles. The Morgan fingerprint density at radius 1 is 0.833 bits per heavy atom. The Balaban J connectivity index is 1.29. The fourth-order valence-electron chi connectivity index (χ4n) is 3.61. The predicted octanol–water partition coefficient (Wildman–Crippen LogP) is 6.12. The number of rotatable bonds is 7. The summed E-state index contributed by atoms with van der Waals surface area (Å²) in [4.78, 5) is 26.0. The molecule has 0 aliphatic carbocycles. The molecule has 0 unspecified atom stereocenters. The van der Waals surface area contributed by atoms with Crippen LogP contribution in [0.25, 0.3) is 5.82 Å². The number of aromatic nitrogens is 4. The Hall–Kier alpha value is -4.98. The molecular weight excluding hydrogens is 454 g/mol. The van der Waals surface area contributed by atoms with Crippen LogP contribution in [-0.4, -0.2) is 25.4 Å². The van der Waals surface area contributed by atoms with Gasteiger partial charge in [0.25, 0.3) is 5.91 Å². The van der Waals surface area contributed by atoms with Crippen molar-refractivity contribution >= 4 is 11.6 Å². The highest BCUT2D eigenvalue weighted by Gasteiger charge is 2.14. The summed E-state index contributed by atoms with van der Waals surface area (Å²) in [5.74, 6) is 3.91. The molecule has 3 aromatic carbocycles. The van der Waals surface area contributed by atoms with E-state index < -0.39 is 0 Å². The minimum atomic E-state index is -0.276. The molecule has 5 rings (SSSR count). The molecule has 36 heavy (non-hydrogen) atoms. The second-order valence-corrected chi connectivity index (χ2v) is 7.95. The van der Waals surface area contributed by atoms with Crippen molar-refractivity contribution in [2.75, 3.05) is 5.32 Å². The monoisotopic (exact) mass is 477 g/mol.